The molecule has 1 aromatic rings. The molecule has 94 valence electrons. The molecule has 1 aromatic heterocycles. The van der Waals surface area contributed by atoms with Gasteiger partial charge in [-0.25, -0.2) is 4.98 Å². The van der Waals surface area contributed by atoms with E-state index in [1.807, 2.05) is 5.38 Å². The van der Waals surface area contributed by atoms with E-state index in [2.05, 4.69) is 35.7 Å². The van der Waals surface area contributed by atoms with E-state index in [0.29, 0.717) is 17.8 Å². The van der Waals surface area contributed by atoms with Crippen LogP contribution >= 0.6 is 11.3 Å². The molecule has 1 aliphatic rings. The summed E-state index contributed by atoms with van der Waals surface area (Å²) in [5.41, 5.74) is 0.587. The van der Waals surface area contributed by atoms with Gasteiger partial charge in [-0.15, -0.1) is 11.3 Å². The van der Waals surface area contributed by atoms with E-state index in [0.717, 1.165) is 18.2 Å². The number of hydrogen-bond donors (Lipinski definition) is 0. The number of Topliss-reactive ketones (excluding diaryl/α,β-unsaturated/α-hetero) is 1. The SMILES string of the molecule is CC(=O)c1csc(N2CC(C)N(C)C(C)C2)n1. The molecule has 2 unspecified atom stereocenters. The van der Waals surface area contributed by atoms with Crippen LogP contribution in [0.15, 0.2) is 5.38 Å². The van der Waals surface area contributed by atoms with Crippen molar-refractivity contribution in [3.8, 4) is 0 Å². The number of carbonyl (C=O) groups is 1. The van der Waals surface area contributed by atoms with Gasteiger partial charge in [0.25, 0.3) is 0 Å². The van der Waals surface area contributed by atoms with Crippen molar-refractivity contribution < 1.29 is 4.79 Å². The Balaban J connectivity index is 2.14. The quantitative estimate of drug-likeness (QED) is 0.754. The van der Waals surface area contributed by atoms with E-state index in [4.69, 9.17) is 0 Å². The number of hydrogen-bond acceptors (Lipinski definition) is 5. The van der Waals surface area contributed by atoms with Crippen molar-refractivity contribution >= 4 is 22.3 Å². The molecular formula is C12H19N3OS. The summed E-state index contributed by atoms with van der Waals surface area (Å²) in [6.45, 7) is 7.97. The molecule has 0 aromatic carbocycles. The number of likely N-dealkylation sites (N-methyl/N-ethyl adjacent to an activating group) is 1. The van der Waals surface area contributed by atoms with Crippen LogP contribution in [0.5, 0.6) is 0 Å². The molecule has 2 rings (SSSR count). The maximum atomic E-state index is 11.2. The number of aromatic nitrogens is 1. The molecule has 0 aliphatic carbocycles. The highest BCUT2D eigenvalue weighted by atomic mass is 32.1. The van der Waals surface area contributed by atoms with Crippen molar-refractivity contribution in [1.82, 2.24) is 9.88 Å². The zero-order chi connectivity index (χ0) is 12.6. The number of ketones is 1. The third-order valence-electron chi connectivity index (χ3n) is 3.48. The van der Waals surface area contributed by atoms with Gasteiger partial charge in [0.1, 0.15) is 5.69 Å². The van der Waals surface area contributed by atoms with Crippen LogP contribution in [0.4, 0.5) is 5.13 Å². The first-order valence-corrected chi connectivity index (χ1v) is 6.80. The molecule has 1 fully saturated rings. The Kier molecular flexibility index (Phi) is 3.49. The van der Waals surface area contributed by atoms with Crippen LogP contribution < -0.4 is 4.90 Å². The van der Waals surface area contributed by atoms with Gasteiger partial charge in [0.15, 0.2) is 10.9 Å². The van der Waals surface area contributed by atoms with Gasteiger partial charge in [0.2, 0.25) is 0 Å². The second-order valence-electron chi connectivity index (χ2n) is 4.84. The summed E-state index contributed by atoms with van der Waals surface area (Å²) in [4.78, 5) is 20.3. The zero-order valence-corrected chi connectivity index (χ0v) is 11.6. The van der Waals surface area contributed by atoms with Crippen molar-refractivity contribution in [3.63, 3.8) is 0 Å². The van der Waals surface area contributed by atoms with Crippen LogP contribution in [0.1, 0.15) is 31.3 Å². The number of nitrogens with zero attached hydrogens (tertiary/aromatic N) is 3. The fourth-order valence-corrected chi connectivity index (χ4v) is 3.02. The summed E-state index contributed by atoms with van der Waals surface area (Å²) >= 11 is 1.57. The third-order valence-corrected chi connectivity index (χ3v) is 4.38. The van der Waals surface area contributed by atoms with Crippen LogP contribution in [-0.4, -0.2) is 47.9 Å². The van der Waals surface area contributed by atoms with E-state index < -0.39 is 0 Å². The molecule has 17 heavy (non-hydrogen) atoms. The first kappa shape index (κ1) is 12.5. The van der Waals surface area contributed by atoms with E-state index >= 15 is 0 Å². The van der Waals surface area contributed by atoms with E-state index in [9.17, 15) is 4.79 Å². The van der Waals surface area contributed by atoms with Gasteiger partial charge in [-0.05, 0) is 20.9 Å². The predicted molar refractivity (Wildman–Crippen MR) is 71.0 cm³/mol. The molecular weight excluding hydrogens is 234 g/mol. The second kappa shape index (κ2) is 4.74. The average Bonchev–Trinajstić information content (AvgIpc) is 2.74. The fourth-order valence-electron chi connectivity index (χ4n) is 2.13. The first-order valence-electron chi connectivity index (χ1n) is 5.92. The zero-order valence-electron chi connectivity index (χ0n) is 10.8. The van der Waals surface area contributed by atoms with Crippen LogP contribution in [0.2, 0.25) is 0 Å². The monoisotopic (exact) mass is 253 g/mol. The molecule has 0 saturated carbocycles. The molecule has 0 N–H and O–H groups in total. The Bertz CT molecular complexity index is 406. The lowest BCUT2D eigenvalue weighted by Gasteiger charge is -2.42. The number of carbonyl (C=O) groups excluding carboxylic acids is 1. The minimum Gasteiger partial charge on any atom is -0.345 e. The van der Waals surface area contributed by atoms with Gasteiger partial charge in [0.05, 0.1) is 0 Å². The lowest BCUT2D eigenvalue weighted by Crippen LogP contribution is -2.55. The topological polar surface area (TPSA) is 36.4 Å². The molecule has 4 nitrogen and oxygen atoms in total. The number of thiazole rings is 1. The predicted octanol–water partition coefficient (Wildman–Crippen LogP) is 1.87. The van der Waals surface area contributed by atoms with Gasteiger partial charge >= 0.3 is 0 Å². The van der Waals surface area contributed by atoms with Crippen LogP contribution in [-0.2, 0) is 0 Å². The van der Waals surface area contributed by atoms with Crippen molar-refractivity contribution in [2.75, 3.05) is 25.0 Å². The molecule has 0 radical (unpaired) electrons. The maximum Gasteiger partial charge on any atom is 0.186 e. The molecule has 1 saturated heterocycles. The van der Waals surface area contributed by atoms with Gasteiger partial charge in [-0.1, -0.05) is 0 Å². The highest BCUT2D eigenvalue weighted by Gasteiger charge is 2.28. The molecule has 0 bridgehead atoms. The molecule has 0 spiro atoms. The highest BCUT2D eigenvalue weighted by molar-refractivity contribution is 7.13. The highest BCUT2D eigenvalue weighted by Crippen LogP contribution is 2.25. The Morgan fingerprint density at radius 1 is 1.41 bits per heavy atom. The molecule has 2 atom stereocenters. The summed E-state index contributed by atoms with van der Waals surface area (Å²) in [7, 11) is 2.16. The molecule has 1 aliphatic heterocycles. The van der Waals surface area contributed by atoms with Crippen LogP contribution in [0.25, 0.3) is 0 Å². The molecule has 2 heterocycles. The minimum absolute atomic E-state index is 0.0442. The van der Waals surface area contributed by atoms with Crippen molar-refractivity contribution in [1.29, 1.82) is 0 Å². The van der Waals surface area contributed by atoms with E-state index in [1.54, 1.807) is 18.3 Å². The van der Waals surface area contributed by atoms with Gasteiger partial charge in [-0.3, -0.25) is 9.69 Å². The Hall–Kier alpha value is -0.940. The number of rotatable bonds is 2. The number of anilines is 1. The standard InChI is InChI=1S/C12H19N3OS/c1-8-5-15(6-9(2)14(8)4)12-13-11(7-17-12)10(3)16/h7-9H,5-6H2,1-4H3. The van der Waals surface area contributed by atoms with Crippen molar-refractivity contribution in [2.24, 2.45) is 0 Å². The average molecular weight is 253 g/mol. The Morgan fingerprint density at radius 2 is 2.00 bits per heavy atom. The van der Waals surface area contributed by atoms with Gasteiger partial charge in [0, 0.05) is 37.5 Å². The minimum atomic E-state index is 0.0442. The molecule has 0 amide bonds. The summed E-state index contributed by atoms with van der Waals surface area (Å²) in [5.74, 6) is 0.0442. The lowest BCUT2D eigenvalue weighted by atomic mass is 10.1. The van der Waals surface area contributed by atoms with E-state index in [-0.39, 0.29) is 5.78 Å². The maximum absolute atomic E-state index is 11.2. The van der Waals surface area contributed by atoms with Crippen LogP contribution in [0, 0.1) is 0 Å². The van der Waals surface area contributed by atoms with Gasteiger partial charge < -0.3 is 4.90 Å². The van der Waals surface area contributed by atoms with E-state index in [1.165, 1.54) is 0 Å². The van der Waals surface area contributed by atoms with Gasteiger partial charge in [-0.2, -0.15) is 0 Å². The first-order chi connectivity index (χ1) is 7.99. The number of piperazine rings is 1. The Morgan fingerprint density at radius 3 is 2.47 bits per heavy atom. The fraction of sp³-hybridized carbons (Fsp3) is 0.667. The molecule has 5 heteroatoms. The summed E-state index contributed by atoms with van der Waals surface area (Å²) in [6, 6.07) is 1.03. The lowest BCUT2D eigenvalue weighted by molar-refractivity contribution is 0.101. The largest absolute Gasteiger partial charge is 0.345 e. The second-order valence-corrected chi connectivity index (χ2v) is 5.68. The summed E-state index contributed by atoms with van der Waals surface area (Å²) < 4.78 is 0. The Labute approximate surface area is 106 Å². The normalized spacial score (nSPS) is 26.2. The summed E-state index contributed by atoms with van der Waals surface area (Å²) in [6.07, 6.45) is 0. The van der Waals surface area contributed by atoms with Crippen molar-refractivity contribution in [3.05, 3.63) is 11.1 Å². The summed E-state index contributed by atoms with van der Waals surface area (Å²) in [5, 5.41) is 2.83. The third kappa shape index (κ3) is 2.50. The van der Waals surface area contributed by atoms with Crippen molar-refractivity contribution in [2.45, 2.75) is 32.9 Å². The van der Waals surface area contributed by atoms with Crippen LogP contribution in [0.3, 0.4) is 0 Å². The smallest absolute Gasteiger partial charge is 0.186 e.